The fraction of sp³-hybridized carbons (Fsp3) is 0.200. The van der Waals surface area contributed by atoms with Crippen molar-refractivity contribution in [2.24, 2.45) is 0 Å². The van der Waals surface area contributed by atoms with Crippen LogP contribution in [-0.4, -0.2) is 20.8 Å². The van der Waals surface area contributed by atoms with Crippen LogP contribution < -0.4 is 0 Å². The Bertz CT molecular complexity index is 785. The summed E-state index contributed by atoms with van der Waals surface area (Å²) >= 11 is 0. The molecule has 0 saturated heterocycles. The zero-order chi connectivity index (χ0) is 14.3. The molecule has 0 atom stereocenters. The second-order valence-electron chi connectivity index (χ2n) is 4.87. The Hall–Kier alpha value is -2.56. The maximum atomic E-state index is 11.1. The van der Waals surface area contributed by atoms with E-state index in [1.54, 1.807) is 24.6 Å². The van der Waals surface area contributed by atoms with Crippen LogP contribution >= 0.6 is 0 Å². The minimum absolute atomic E-state index is 0.308. The molecule has 0 fully saturated rings. The van der Waals surface area contributed by atoms with E-state index < -0.39 is 5.97 Å². The first-order valence-corrected chi connectivity index (χ1v) is 6.29. The average Bonchev–Trinajstić information content (AvgIpc) is 3.02. The molecule has 3 rings (SSSR count). The lowest BCUT2D eigenvalue weighted by Crippen LogP contribution is -2.01. The molecule has 0 aliphatic rings. The first-order valence-electron chi connectivity index (χ1n) is 6.29. The summed E-state index contributed by atoms with van der Waals surface area (Å²) in [6.07, 6.45) is 3.30. The van der Waals surface area contributed by atoms with Gasteiger partial charge in [-0.15, -0.1) is 0 Å². The molecule has 0 radical (unpaired) electrons. The van der Waals surface area contributed by atoms with Crippen LogP contribution in [0, 0.1) is 13.8 Å². The fourth-order valence-electron chi connectivity index (χ4n) is 2.47. The van der Waals surface area contributed by atoms with Crippen molar-refractivity contribution in [3.05, 3.63) is 53.0 Å². The van der Waals surface area contributed by atoms with Crippen molar-refractivity contribution in [2.75, 3.05) is 0 Å². The van der Waals surface area contributed by atoms with Crippen LogP contribution in [0.15, 0.2) is 35.2 Å². The lowest BCUT2D eigenvalue weighted by atomic mass is 10.1. The molecule has 2 aromatic heterocycles. The van der Waals surface area contributed by atoms with Gasteiger partial charge in [0.25, 0.3) is 0 Å². The van der Waals surface area contributed by atoms with Crippen LogP contribution in [0.5, 0.6) is 0 Å². The minimum Gasteiger partial charge on any atom is -0.478 e. The number of carbonyl (C=O) groups is 1. The Labute approximate surface area is 115 Å². The van der Waals surface area contributed by atoms with Gasteiger partial charge >= 0.3 is 5.97 Å². The quantitative estimate of drug-likeness (QED) is 0.794. The Balaban J connectivity index is 2.17. The highest BCUT2D eigenvalue weighted by molar-refractivity contribution is 5.95. The zero-order valence-corrected chi connectivity index (χ0v) is 11.3. The number of aryl methyl sites for hydroxylation is 1. The summed E-state index contributed by atoms with van der Waals surface area (Å²) in [6.45, 7) is 4.70. The number of fused-ring (bicyclic) bond motifs is 1. The maximum absolute atomic E-state index is 11.1. The number of aromatic carboxylic acids is 1. The highest BCUT2D eigenvalue weighted by atomic mass is 16.5. The molecule has 5 heteroatoms. The molecule has 2 heterocycles. The molecular formula is C15H14N2O3. The third kappa shape index (κ3) is 1.87. The molecule has 0 bridgehead atoms. The van der Waals surface area contributed by atoms with Crippen LogP contribution in [-0.2, 0) is 6.54 Å². The predicted molar refractivity (Wildman–Crippen MR) is 74.0 cm³/mol. The van der Waals surface area contributed by atoms with Gasteiger partial charge in [0.15, 0.2) is 0 Å². The molecule has 0 amide bonds. The SMILES string of the molecule is Cc1c(C)n(Cc2cnoc2)c2ccc(C(=O)O)cc12. The molecule has 0 saturated carbocycles. The van der Waals surface area contributed by atoms with Gasteiger partial charge in [-0.2, -0.15) is 0 Å². The normalized spacial score (nSPS) is 11.1. The third-order valence-electron chi connectivity index (χ3n) is 3.71. The van der Waals surface area contributed by atoms with Gasteiger partial charge in [0.2, 0.25) is 0 Å². The number of carboxylic acids is 1. The van der Waals surface area contributed by atoms with Crippen LogP contribution in [0.3, 0.4) is 0 Å². The number of nitrogens with zero attached hydrogens (tertiary/aromatic N) is 2. The van der Waals surface area contributed by atoms with E-state index in [-0.39, 0.29) is 0 Å². The molecule has 1 N–H and O–H groups in total. The first-order chi connectivity index (χ1) is 9.58. The Kier molecular flexibility index (Phi) is 2.82. The van der Waals surface area contributed by atoms with Gasteiger partial charge in [0, 0.05) is 22.2 Å². The fourth-order valence-corrected chi connectivity index (χ4v) is 2.47. The molecule has 0 spiro atoms. The third-order valence-corrected chi connectivity index (χ3v) is 3.71. The monoisotopic (exact) mass is 270 g/mol. The zero-order valence-electron chi connectivity index (χ0n) is 11.3. The van der Waals surface area contributed by atoms with Gasteiger partial charge in [0.05, 0.1) is 18.3 Å². The second-order valence-corrected chi connectivity index (χ2v) is 4.87. The number of benzene rings is 1. The second kappa shape index (κ2) is 4.52. The number of hydrogen-bond acceptors (Lipinski definition) is 3. The predicted octanol–water partition coefficient (Wildman–Crippen LogP) is 2.99. The van der Waals surface area contributed by atoms with Crippen LogP contribution in [0.4, 0.5) is 0 Å². The van der Waals surface area contributed by atoms with E-state index in [4.69, 9.17) is 9.63 Å². The van der Waals surface area contributed by atoms with E-state index in [9.17, 15) is 4.79 Å². The van der Waals surface area contributed by atoms with Crippen molar-refractivity contribution in [3.63, 3.8) is 0 Å². The van der Waals surface area contributed by atoms with Crippen molar-refractivity contribution in [1.29, 1.82) is 0 Å². The summed E-state index contributed by atoms with van der Waals surface area (Å²) in [5.41, 5.74) is 4.52. The molecule has 0 unspecified atom stereocenters. The van der Waals surface area contributed by atoms with Crippen molar-refractivity contribution >= 4 is 16.9 Å². The number of carboxylic acid groups (broad SMARTS) is 1. The van der Waals surface area contributed by atoms with Gasteiger partial charge in [-0.1, -0.05) is 5.16 Å². The van der Waals surface area contributed by atoms with E-state index >= 15 is 0 Å². The average molecular weight is 270 g/mol. The summed E-state index contributed by atoms with van der Waals surface area (Å²) in [6, 6.07) is 5.21. The smallest absolute Gasteiger partial charge is 0.335 e. The maximum Gasteiger partial charge on any atom is 0.335 e. The van der Waals surface area contributed by atoms with Crippen LogP contribution in [0.2, 0.25) is 0 Å². The molecule has 3 aromatic rings. The Morgan fingerprint density at radius 2 is 2.20 bits per heavy atom. The van der Waals surface area contributed by atoms with Crippen molar-refractivity contribution in [2.45, 2.75) is 20.4 Å². The largest absolute Gasteiger partial charge is 0.478 e. The van der Waals surface area contributed by atoms with E-state index in [0.29, 0.717) is 12.1 Å². The molecule has 5 nitrogen and oxygen atoms in total. The van der Waals surface area contributed by atoms with E-state index in [1.165, 1.54) is 0 Å². The van der Waals surface area contributed by atoms with Crippen molar-refractivity contribution in [3.8, 4) is 0 Å². The van der Waals surface area contributed by atoms with Gasteiger partial charge in [-0.3, -0.25) is 0 Å². The highest BCUT2D eigenvalue weighted by Crippen LogP contribution is 2.27. The van der Waals surface area contributed by atoms with E-state index in [1.807, 2.05) is 19.9 Å². The molecule has 0 aliphatic carbocycles. The highest BCUT2D eigenvalue weighted by Gasteiger charge is 2.14. The van der Waals surface area contributed by atoms with E-state index in [0.717, 1.165) is 27.7 Å². The molecule has 1 aromatic carbocycles. The molecule has 102 valence electrons. The standard InChI is InChI=1S/C15H14N2O3/c1-9-10(2)17(7-11-6-16-20-8-11)14-4-3-12(15(18)19)5-13(9)14/h3-6,8H,7H2,1-2H3,(H,18,19). The topological polar surface area (TPSA) is 68.3 Å². The first kappa shape index (κ1) is 12.5. The molecule has 20 heavy (non-hydrogen) atoms. The summed E-state index contributed by atoms with van der Waals surface area (Å²) in [4.78, 5) is 11.1. The Morgan fingerprint density at radius 3 is 2.85 bits per heavy atom. The molecular weight excluding hydrogens is 256 g/mol. The van der Waals surface area contributed by atoms with E-state index in [2.05, 4.69) is 9.72 Å². The number of hydrogen-bond donors (Lipinski definition) is 1. The number of aromatic nitrogens is 2. The molecule has 0 aliphatic heterocycles. The van der Waals surface area contributed by atoms with Crippen molar-refractivity contribution < 1.29 is 14.4 Å². The van der Waals surface area contributed by atoms with Gasteiger partial charge < -0.3 is 14.2 Å². The summed E-state index contributed by atoms with van der Waals surface area (Å²) in [5.74, 6) is -0.907. The lowest BCUT2D eigenvalue weighted by Gasteiger charge is -2.06. The lowest BCUT2D eigenvalue weighted by molar-refractivity contribution is 0.0697. The Morgan fingerprint density at radius 1 is 1.40 bits per heavy atom. The van der Waals surface area contributed by atoms with Crippen LogP contribution in [0.25, 0.3) is 10.9 Å². The van der Waals surface area contributed by atoms with Gasteiger partial charge in [-0.05, 0) is 37.6 Å². The minimum atomic E-state index is -0.907. The van der Waals surface area contributed by atoms with Gasteiger partial charge in [-0.25, -0.2) is 4.79 Å². The van der Waals surface area contributed by atoms with Crippen molar-refractivity contribution in [1.82, 2.24) is 9.72 Å². The number of rotatable bonds is 3. The van der Waals surface area contributed by atoms with Gasteiger partial charge in [0.1, 0.15) is 6.26 Å². The summed E-state index contributed by atoms with van der Waals surface area (Å²) < 4.78 is 7.00. The summed E-state index contributed by atoms with van der Waals surface area (Å²) in [7, 11) is 0. The van der Waals surface area contributed by atoms with Crippen LogP contribution in [0.1, 0.15) is 27.2 Å². The summed E-state index contributed by atoms with van der Waals surface area (Å²) in [5, 5.41) is 13.8.